The molecule has 0 bridgehead atoms. The van der Waals surface area contributed by atoms with Crippen LogP contribution >= 0.6 is 0 Å². The molecule has 1 unspecified atom stereocenters. The molecule has 0 aliphatic carbocycles. The fourth-order valence-electron chi connectivity index (χ4n) is 2.34. The number of nitrogens with one attached hydrogen (secondary N) is 2. The molecule has 5 nitrogen and oxygen atoms in total. The largest absolute Gasteiger partial charge is 0.488 e. The second-order valence-corrected chi connectivity index (χ2v) is 6.56. The fourth-order valence-corrected chi connectivity index (χ4v) is 2.34. The fraction of sp³-hybridized carbons (Fsp3) is 0.529. The van der Waals surface area contributed by atoms with Gasteiger partial charge in [0.2, 0.25) is 11.8 Å². The average Bonchev–Trinajstić information content (AvgIpc) is 2.86. The molecule has 22 heavy (non-hydrogen) atoms. The van der Waals surface area contributed by atoms with Crippen LogP contribution in [0.2, 0.25) is 0 Å². The SMILES string of the molecule is CC(C)(C)Oc1ccc(CCNC(=O)C2CCC(=O)N2)cc1. The van der Waals surface area contributed by atoms with Gasteiger partial charge in [0.25, 0.3) is 0 Å². The minimum atomic E-state index is -0.366. The van der Waals surface area contributed by atoms with E-state index in [-0.39, 0.29) is 23.5 Å². The Bertz CT molecular complexity index is 532. The first-order valence-electron chi connectivity index (χ1n) is 7.68. The smallest absolute Gasteiger partial charge is 0.242 e. The summed E-state index contributed by atoms with van der Waals surface area (Å²) in [6.07, 6.45) is 1.78. The number of hydrogen-bond donors (Lipinski definition) is 2. The number of ether oxygens (including phenoxy) is 1. The van der Waals surface area contributed by atoms with Gasteiger partial charge in [-0.2, -0.15) is 0 Å². The van der Waals surface area contributed by atoms with E-state index in [0.29, 0.717) is 19.4 Å². The van der Waals surface area contributed by atoms with Gasteiger partial charge in [-0.05, 0) is 51.3 Å². The van der Waals surface area contributed by atoms with Gasteiger partial charge in [0.1, 0.15) is 17.4 Å². The van der Waals surface area contributed by atoms with Crippen molar-refractivity contribution >= 4 is 11.8 Å². The van der Waals surface area contributed by atoms with Crippen LogP contribution in [0, 0.1) is 0 Å². The first-order valence-corrected chi connectivity index (χ1v) is 7.68. The highest BCUT2D eigenvalue weighted by Crippen LogP contribution is 2.18. The number of carbonyl (C=O) groups is 2. The van der Waals surface area contributed by atoms with Crippen molar-refractivity contribution in [3.05, 3.63) is 29.8 Å². The highest BCUT2D eigenvalue weighted by Gasteiger charge is 2.26. The number of amides is 2. The van der Waals surface area contributed by atoms with Gasteiger partial charge in [0, 0.05) is 13.0 Å². The standard InChI is InChI=1S/C17H24N2O3/c1-17(2,3)22-13-6-4-12(5-7-13)10-11-18-16(21)14-8-9-15(20)19-14/h4-7,14H,8-11H2,1-3H3,(H,18,21)(H,19,20). The van der Waals surface area contributed by atoms with Crippen molar-refractivity contribution in [1.29, 1.82) is 0 Å². The molecule has 2 N–H and O–H groups in total. The van der Waals surface area contributed by atoms with Crippen molar-refractivity contribution in [1.82, 2.24) is 10.6 Å². The summed E-state index contributed by atoms with van der Waals surface area (Å²) >= 11 is 0. The zero-order chi connectivity index (χ0) is 16.2. The Balaban J connectivity index is 1.75. The Kier molecular flexibility index (Phi) is 5.06. The van der Waals surface area contributed by atoms with Gasteiger partial charge >= 0.3 is 0 Å². The summed E-state index contributed by atoms with van der Waals surface area (Å²) in [5.41, 5.74) is 0.929. The summed E-state index contributed by atoms with van der Waals surface area (Å²) < 4.78 is 5.77. The molecule has 0 saturated carbocycles. The zero-order valence-corrected chi connectivity index (χ0v) is 13.4. The summed E-state index contributed by atoms with van der Waals surface area (Å²) in [4.78, 5) is 22.9. The van der Waals surface area contributed by atoms with Crippen LogP contribution in [0.25, 0.3) is 0 Å². The van der Waals surface area contributed by atoms with E-state index in [4.69, 9.17) is 4.74 Å². The van der Waals surface area contributed by atoms with Crippen LogP contribution in [0.1, 0.15) is 39.2 Å². The van der Waals surface area contributed by atoms with Crippen LogP contribution < -0.4 is 15.4 Å². The third kappa shape index (κ3) is 5.06. The van der Waals surface area contributed by atoms with Crippen molar-refractivity contribution < 1.29 is 14.3 Å². The molecule has 1 fully saturated rings. The molecule has 0 aromatic heterocycles. The van der Waals surface area contributed by atoms with E-state index < -0.39 is 0 Å². The first kappa shape index (κ1) is 16.3. The minimum absolute atomic E-state index is 0.0467. The van der Waals surface area contributed by atoms with E-state index in [2.05, 4.69) is 10.6 Å². The van der Waals surface area contributed by atoms with Gasteiger partial charge < -0.3 is 15.4 Å². The van der Waals surface area contributed by atoms with Crippen LogP contribution in [0.4, 0.5) is 0 Å². The molecule has 0 radical (unpaired) electrons. The third-order valence-electron chi connectivity index (χ3n) is 3.37. The Morgan fingerprint density at radius 1 is 1.32 bits per heavy atom. The Hall–Kier alpha value is -2.04. The summed E-state index contributed by atoms with van der Waals surface area (Å²) in [6.45, 7) is 6.60. The maximum atomic E-state index is 11.8. The second-order valence-electron chi connectivity index (χ2n) is 6.56. The lowest BCUT2D eigenvalue weighted by Gasteiger charge is -2.21. The van der Waals surface area contributed by atoms with Crippen LogP contribution in [-0.2, 0) is 16.0 Å². The molecule has 5 heteroatoms. The van der Waals surface area contributed by atoms with Crippen LogP contribution in [-0.4, -0.2) is 30.0 Å². The molecule has 0 spiro atoms. The third-order valence-corrected chi connectivity index (χ3v) is 3.37. The Morgan fingerprint density at radius 3 is 2.55 bits per heavy atom. The second kappa shape index (κ2) is 6.81. The van der Waals surface area contributed by atoms with Gasteiger partial charge in [0.15, 0.2) is 0 Å². The van der Waals surface area contributed by atoms with Crippen molar-refractivity contribution in [3.63, 3.8) is 0 Å². The molecule has 1 atom stereocenters. The molecular formula is C17H24N2O3. The number of carbonyl (C=O) groups excluding carboxylic acids is 2. The van der Waals surface area contributed by atoms with Gasteiger partial charge in [0.05, 0.1) is 0 Å². The van der Waals surface area contributed by atoms with E-state index in [1.54, 1.807) is 0 Å². The number of rotatable bonds is 5. The van der Waals surface area contributed by atoms with E-state index in [9.17, 15) is 9.59 Å². The Morgan fingerprint density at radius 2 is 2.00 bits per heavy atom. The first-order chi connectivity index (χ1) is 10.3. The molecular weight excluding hydrogens is 280 g/mol. The van der Waals surface area contributed by atoms with E-state index in [0.717, 1.165) is 17.7 Å². The molecule has 120 valence electrons. The maximum absolute atomic E-state index is 11.8. The average molecular weight is 304 g/mol. The zero-order valence-electron chi connectivity index (χ0n) is 13.4. The summed E-state index contributed by atoms with van der Waals surface area (Å²) in [5, 5.41) is 5.53. The minimum Gasteiger partial charge on any atom is -0.488 e. The number of benzene rings is 1. The molecule has 1 aliphatic rings. The summed E-state index contributed by atoms with van der Waals surface area (Å²) in [5.74, 6) is 0.696. The van der Waals surface area contributed by atoms with Crippen LogP contribution in [0.5, 0.6) is 5.75 Å². The highest BCUT2D eigenvalue weighted by molar-refractivity contribution is 5.90. The quantitative estimate of drug-likeness (QED) is 0.871. The van der Waals surface area contributed by atoms with Gasteiger partial charge in [-0.25, -0.2) is 0 Å². The lowest BCUT2D eigenvalue weighted by molar-refractivity contribution is -0.125. The van der Waals surface area contributed by atoms with Crippen LogP contribution in [0.3, 0.4) is 0 Å². The topological polar surface area (TPSA) is 67.4 Å². The number of hydrogen-bond acceptors (Lipinski definition) is 3. The molecule has 1 aromatic rings. The van der Waals surface area contributed by atoms with Crippen molar-refractivity contribution in [3.8, 4) is 5.75 Å². The van der Waals surface area contributed by atoms with E-state index in [1.807, 2.05) is 45.0 Å². The van der Waals surface area contributed by atoms with Gasteiger partial charge in [-0.3, -0.25) is 9.59 Å². The van der Waals surface area contributed by atoms with Crippen molar-refractivity contribution in [2.75, 3.05) is 6.54 Å². The molecule has 2 rings (SSSR count). The predicted octanol–water partition coefficient (Wildman–Crippen LogP) is 1.80. The molecule has 1 aromatic carbocycles. The highest BCUT2D eigenvalue weighted by atomic mass is 16.5. The van der Waals surface area contributed by atoms with Gasteiger partial charge in [-0.15, -0.1) is 0 Å². The van der Waals surface area contributed by atoms with E-state index >= 15 is 0 Å². The normalized spacial score (nSPS) is 18.0. The van der Waals surface area contributed by atoms with Crippen molar-refractivity contribution in [2.24, 2.45) is 0 Å². The van der Waals surface area contributed by atoms with Crippen LogP contribution in [0.15, 0.2) is 24.3 Å². The Labute approximate surface area is 131 Å². The van der Waals surface area contributed by atoms with Crippen molar-refractivity contribution in [2.45, 2.75) is 51.7 Å². The predicted molar refractivity (Wildman–Crippen MR) is 84.7 cm³/mol. The molecule has 2 amide bonds. The molecule has 1 aliphatic heterocycles. The lowest BCUT2D eigenvalue weighted by atomic mass is 10.1. The molecule has 1 heterocycles. The summed E-state index contributed by atoms with van der Waals surface area (Å²) in [6, 6.07) is 7.53. The van der Waals surface area contributed by atoms with E-state index in [1.165, 1.54) is 0 Å². The maximum Gasteiger partial charge on any atom is 0.242 e. The summed E-state index contributed by atoms with van der Waals surface area (Å²) in [7, 11) is 0. The molecule has 1 saturated heterocycles. The monoisotopic (exact) mass is 304 g/mol. The van der Waals surface area contributed by atoms with Gasteiger partial charge in [-0.1, -0.05) is 12.1 Å². The lowest BCUT2D eigenvalue weighted by Crippen LogP contribution is -2.42.